The molecule has 0 aromatic heterocycles. The minimum atomic E-state index is 0.272. The molecule has 1 aromatic carbocycles. The van der Waals surface area contributed by atoms with Crippen LogP contribution < -0.4 is 9.47 Å². The fraction of sp³-hybridized carbons (Fsp3) is 0.0714. The molecular formula is C14H11O3. The molecule has 1 aromatic rings. The predicted octanol–water partition coefficient (Wildman–Crippen LogP) is 2.65. The lowest BCUT2D eigenvalue weighted by molar-refractivity contribution is 0.174. The van der Waals surface area contributed by atoms with Gasteiger partial charge in [0.05, 0.1) is 0 Å². The molecule has 0 aliphatic carbocycles. The molecule has 0 saturated heterocycles. The summed E-state index contributed by atoms with van der Waals surface area (Å²) in [6.07, 6.45) is 12.0. The summed E-state index contributed by atoms with van der Waals surface area (Å²) in [4.78, 5) is 9.89. The lowest BCUT2D eigenvalue weighted by Gasteiger charge is -1.99. The van der Waals surface area contributed by atoms with Crippen molar-refractivity contribution < 1.29 is 14.3 Å². The van der Waals surface area contributed by atoms with Crippen LogP contribution in [0, 0.1) is 0 Å². The van der Waals surface area contributed by atoms with Gasteiger partial charge in [-0.3, -0.25) is 4.79 Å². The molecular weight excluding hydrogens is 216 g/mol. The Bertz CT molecular complexity index is 484. The van der Waals surface area contributed by atoms with Crippen LogP contribution >= 0.6 is 0 Å². The van der Waals surface area contributed by atoms with Crippen molar-refractivity contribution in [1.29, 1.82) is 0 Å². The summed E-state index contributed by atoms with van der Waals surface area (Å²) < 4.78 is 10.6. The number of carbonyl (C=O) groups excluding carboxylic acids is 1. The fourth-order valence-electron chi connectivity index (χ4n) is 1.47. The quantitative estimate of drug-likeness (QED) is 0.586. The number of ether oxygens (including phenoxy) is 2. The highest BCUT2D eigenvalue weighted by atomic mass is 16.7. The Kier molecular flexibility index (Phi) is 3.76. The van der Waals surface area contributed by atoms with E-state index in [-0.39, 0.29) is 6.79 Å². The van der Waals surface area contributed by atoms with Crippen molar-refractivity contribution in [3.8, 4) is 11.5 Å². The molecule has 17 heavy (non-hydrogen) atoms. The molecule has 1 aliphatic rings. The largest absolute Gasteiger partial charge is 0.454 e. The second kappa shape index (κ2) is 5.70. The van der Waals surface area contributed by atoms with E-state index < -0.39 is 0 Å². The van der Waals surface area contributed by atoms with Gasteiger partial charge in [-0.1, -0.05) is 42.5 Å². The van der Waals surface area contributed by atoms with E-state index in [1.54, 1.807) is 18.4 Å². The molecule has 2 rings (SSSR count). The summed E-state index contributed by atoms with van der Waals surface area (Å²) in [5.41, 5.74) is 0.968. The average Bonchev–Trinajstić information content (AvgIpc) is 2.82. The summed E-state index contributed by atoms with van der Waals surface area (Å²) >= 11 is 0. The van der Waals surface area contributed by atoms with E-state index >= 15 is 0 Å². The standard InChI is InChI=1S/C14H11O3/c15-10-5-3-1-2-4-7-12-8-6-9-13-14(12)17-11-16-13/h1-9H,11H2/b2-1+,5-3+,7-4+. The monoisotopic (exact) mass is 227 g/mol. The van der Waals surface area contributed by atoms with E-state index in [1.807, 2.05) is 36.4 Å². The number of allylic oxidation sites excluding steroid dienone is 5. The maximum atomic E-state index is 9.89. The van der Waals surface area contributed by atoms with Crippen LogP contribution in [0.4, 0.5) is 0 Å². The Balaban J connectivity index is 2.06. The van der Waals surface area contributed by atoms with Crippen molar-refractivity contribution in [2.75, 3.05) is 6.79 Å². The minimum Gasteiger partial charge on any atom is -0.454 e. The number of hydrogen-bond donors (Lipinski definition) is 0. The summed E-state index contributed by atoms with van der Waals surface area (Å²) in [6, 6.07) is 5.74. The molecule has 0 spiro atoms. The number of fused-ring (bicyclic) bond motifs is 1. The minimum absolute atomic E-state index is 0.272. The van der Waals surface area contributed by atoms with Crippen molar-refractivity contribution >= 4 is 12.4 Å². The van der Waals surface area contributed by atoms with Gasteiger partial charge in [-0.25, -0.2) is 0 Å². The fourth-order valence-corrected chi connectivity index (χ4v) is 1.47. The highest BCUT2D eigenvalue weighted by molar-refractivity contribution is 5.66. The Morgan fingerprint density at radius 2 is 2.00 bits per heavy atom. The Labute approximate surface area is 99.7 Å². The van der Waals surface area contributed by atoms with Crippen LogP contribution in [0.3, 0.4) is 0 Å². The summed E-state index contributed by atoms with van der Waals surface area (Å²) in [5, 5.41) is 0. The molecule has 0 saturated carbocycles. The van der Waals surface area contributed by atoms with Crippen molar-refractivity contribution in [3.05, 3.63) is 54.1 Å². The first-order valence-electron chi connectivity index (χ1n) is 5.18. The number of rotatable bonds is 4. The molecule has 0 fully saturated rings. The zero-order valence-corrected chi connectivity index (χ0v) is 9.13. The number of hydrogen-bond acceptors (Lipinski definition) is 3. The highest BCUT2D eigenvalue weighted by Crippen LogP contribution is 2.35. The van der Waals surface area contributed by atoms with Crippen LogP contribution in [0.5, 0.6) is 11.5 Å². The van der Waals surface area contributed by atoms with Crippen LogP contribution in [0.1, 0.15) is 5.56 Å². The summed E-state index contributed by atoms with van der Waals surface area (Å²) in [6.45, 7) is 0.272. The third-order valence-electron chi connectivity index (χ3n) is 2.20. The molecule has 3 heteroatoms. The third-order valence-corrected chi connectivity index (χ3v) is 2.20. The molecule has 1 radical (unpaired) electrons. The average molecular weight is 227 g/mol. The van der Waals surface area contributed by atoms with Gasteiger partial charge in [-0.2, -0.15) is 0 Å². The smallest absolute Gasteiger partial charge is 0.231 e. The van der Waals surface area contributed by atoms with E-state index in [2.05, 4.69) is 0 Å². The second-order valence-corrected chi connectivity index (χ2v) is 3.30. The predicted molar refractivity (Wildman–Crippen MR) is 65.6 cm³/mol. The maximum Gasteiger partial charge on any atom is 0.231 e. The van der Waals surface area contributed by atoms with Crippen molar-refractivity contribution in [2.24, 2.45) is 0 Å². The molecule has 0 amide bonds. The van der Waals surface area contributed by atoms with Gasteiger partial charge in [-0.05, 0) is 12.1 Å². The van der Waals surface area contributed by atoms with Gasteiger partial charge in [0.15, 0.2) is 11.5 Å². The normalized spacial score (nSPS) is 14.1. The first-order valence-corrected chi connectivity index (χ1v) is 5.18. The molecule has 1 aliphatic heterocycles. The van der Waals surface area contributed by atoms with Gasteiger partial charge in [0, 0.05) is 5.56 Å². The first-order chi connectivity index (χ1) is 8.42. The molecule has 0 bridgehead atoms. The van der Waals surface area contributed by atoms with Gasteiger partial charge in [0.1, 0.15) is 0 Å². The molecule has 0 N–H and O–H groups in total. The van der Waals surface area contributed by atoms with Crippen LogP contribution in [0.25, 0.3) is 6.08 Å². The summed E-state index contributed by atoms with van der Waals surface area (Å²) in [7, 11) is 0. The zero-order chi connectivity index (χ0) is 11.9. The van der Waals surface area contributed by atoms with E-state index in [4.69, 9.17) is 9.47 Å². The van der Waals surface area contributed by atoms with E-state index in [0.717, 1.165) is 17.1 Å². The van der Waals surface area contributed by atoms with Crippen molar-refractivity contribution in [2.45, 2.75) is 0 Å². The topological polar surface area (TPSA) is 35.5 Å². The van der Waals surface area contributed by atoms with Crippen molar-refractivity contribution in [3.63, 3.8) is 0 Å². The highest BCUT2D eigenvalue weighted by Gasteiger charge is 2.14. The van der Waals surface area contributed by atoms with E-state index in [9.17, 15) is 4.79 Å². The number of para-hydroxylation sites is 1. The lowest BCUT2D eigenvalue weighted by Crippen LogP contribution is -1.93. The third kappa shape index (κ3) is 2.84. The Hall–Kier alpha value is -2.29. The van der Waals surface area contributed by atoms with Crippen LogP contribution in [0.15, 0.2) is 48.6 Å². The van der Waals surface area contributed by atoms with Crippen LogP contribution in [-0.2, 0) is 4.79 Å². The van der Waals surface area contributed by atoms with Gasteiger partial charge >= 0.3 is 0 Å². The molecule has 0 atom stereocenters. The molecule has 3 nitrogen and oxygen atoms in total. The zero-order valence-electron chi connectivity index (χ0n) is 9.13. The van der Waals surface area contributed by atoms with Crippen LogP contribution in [0.2, 0.25) is 0 Å². The van der Waals surface area contributed by atoms with Crippen LogP contribution in [-0.4, -0.2) is 13.1 Å². The van der Waals surface area contributed by atoms with Gasteiger partial charge in [0.25, 0.3) is 0 Å². The maximum absolute atomic E-state index is 9.89. The lowest BCUT2D eigenvalue weighted by atomic mass is 10.1. The van der Waals surface area contributed by atoms with Gasteiger partial charge in [0.2, 0.25) is 13.1 Å². The summed E-state index contributed by atoms with van der Waals surface area (Å²) in [5.74, 6) is 1.54. The molecule has 85 valence electrons. The Morgan fingerprint density at radius 1 is 1.12 bits per heavy atom. The van der Waals surface area contributed by atoms with E-state index in [1.165, 1.54) is 6.08 Å². The SMILES string of the molecule is O=[C]/C=C/C=C/C=C/c1cccc2c1OCO2. The van der Waals surface area contributed by atoms with Crippen molar-refractivity contribution in [1.82, 2.24) is 0 Å². The second-order valence-electron chi connectivity index (χ2n) is 3.30. The van der Waals surface area contributed by atoms with E-state index in [0.29, 0.717) is 0 Å². The van der Waals surface area contributed by atoms with Gasteiger partial charge in [-0.15, -0.1) is 0 Å². The molecule has 0 unspecified atom stereocenters. The molecule has 1 heterocycles. The van der Waals surface area contributed by atoms with Gasteiger partial charge < -0.3 is 9.47 Å². The Morgan fingerprint density at radius 3 is 2.88 bits per heavy atom. The number of benzene rings is 1. The first kappa shape index (κ1) is 11.2.